The number of hydrogen-bond donors (Lipinski definition) is 0. The van der Waals surface area contributed by atoms with Gasteiger partial charge in [0.2, 0.25) is 0 Å². The molecule has 0 amide bonds. The van der Waals surface area contributed by atoms with Crippen molar-refractivity contribution in [3.05, 3.63) is 6.92 Å². The zero-order valence-electron chi connectivity index (χ0n) is 3.27. The van der Waals surface area contributed by atoms with E-state index in [-0.39, 0.29) is 5.92 Å². The molecule has 0 N–H and O–H groups in total. The van der Waals surface area contributed by atoms with Gasteiger partial charge in [-0.05, 0) is 6.92 Å². The van der Waals surface area contributed by atoms with Crippen LogP contribution >= 0.6 is 0 Å². The van der Waals surface area contributed by atoms with Crippen LogP contribution in [0.3, 0.4) is 0 Å². The van der Waals surface area contributed by atoms with E-state index in [0.29, 0.717) is 0 Å². The molecule has 0 aliphatic heterocycles. The van der Waals surface area contributed by atoms with E-state index in [1.807, 2.05) is 0 Å². The van der Waals surface area contributed by atoms with Gasteiger partial charge in [-0.25, -0.2) is 0 Å². The molecule has 0 heterocycles. The molecule has 0 fully saturated rings. The predicted molar refractivity (Wildman–Crippen MR) is 20.6 cm³/mol. The van der Waals surface area contributed by atoms with Crippen LogP contribution in [0, 0.1) is 12.8 Å². The number of carbonyl (C=O) groups excluding carboxylic acids is 1. The zero-order chi connectivity index (χ0) is 4.28. The quantitative estimate of drug-likeness (QED) is 0.415. The maximum absolute atomic E-state index is 9.44. The van der Waals surface area contributed by atoms with Gasteiger partial charge in [-0.2, -0.15) is 0 Å². The van der Waals surface area contributed by atoms with Crippen LogP contribution in [0.25, 0.3) is 0 Å². The van der Waals surface area contributed by atoms with Gasteiger partial charge in [0.1, 0.15) is 6.29 Å². The second-order valence-electron chi connectivity index (χ2n) is 1.11. The molecular formula is C4H7O. The monoisotopic (exact) mass is 71.0 g/mol. The van der Waals surface area contributed by atoms with E-state index in [1.165, 1.54) is 0 Å². The Balaban J connectivity index is 2.83. The summed E-state index contributed by atoms with van der Waals surface area (Å²) in [4.78, 5) is 9.44. The molecule has 0 aromatic heterocycles. The highest BCUT2D eigenvalue weighted by molar-refractivity contribution is 5.53. The van der Waals surface area contributed by atoms with Crippen molar-refractivity contribution in [2.24, 2.45) is 5.92 Å². The normalized spacial score (nSPS) is 8.60. The van der Waals surface area contributed by atoms with E-state index in [9.17, 15) is 4.79 Å². The average Bonchev–Trinajstić information content (AvgIpc) is 1.38. The average molecular weight is 71.1 g/mol. The topological polar surface area (TPSA) is 17.1 Å². The molecule has 1 heteroatoms. The molecule has 0 aromatic carbocycles. The van der Waals surface area contributed by atoms with Gasteiger partial charge in [-0.15, -0.1) is 0 Å². The minimum absolute atomic E-state index is 0.0463. The lowest BCUT2D eigenvalue weighted by atomic mass is 10.3. The van der Waals surface area contributed by atoms with E-state index in [4.69, 9.17) is 0 Å². The molecule has 0 aliphatic rings. The fourth-order valence-electron chi connectivity index (χ4n) is 0. The Morgan fingerprint density at radius 3 is 2.20 bits per heavy atom. The molecule has 1 nitrogen and oxygen atoms in total. The standard InChI is InChI=1S/C4H7O/c1-4(2)3-5/h3-4H,1H2,2H3. The van der Waals surface area contributed by atoms with Crippen molar-refractivity contribution >= 4 is 6.29 Å². The van der Waals surface area contributed by atoms with E-state index in [2.05, 4.69) is 6.92 Å². The van der Waals surface area contributed by atoms with Crippen LogP contribution < -0.4 is 0 Å². The Bertz CT molecular complexity index is 30.6. The fourth-order valence-corrected chi connectivity index (χ4v) is 0. The molecule has 1 unspecified atom stereocenters. The summed E-state index contributed by atoms with van der Waals surface area (Å²) in [6, 6.07) is 0. The predicted octanol–water partition coefficient (Wildman–Crippen LogP) is 0.655. The smallest absolute Gasteiger partial charge is 0.122 e. The van der Waals surface area contributed by atoms with Gasteiger partial charge < -0.3 is 4.79 Å². The molecule has 5 heavy (non-hydrogen) atoms. The van der Waals surface area contributed by atoms with Crippen LogP contribution in [-0.4, -0.2) is 6.29 Å². The second kappa shape index (κ2) is 1.94. The molecule has 0 aromatic rings. The first kappa shape index (κ1) is 4.67. The van der Waals surface area contributed by atoms with Crippen LogP contribution in [0.4, 0.5) is 0 Å². The lowest BCUT2D eigenvalue weighted by Crippen LogP contribution is -1.83. The molecule has 0 spiro atoms. The maximum Gasteiger partial charge on any atom is 0.122 e. The number of carbonyl (C=O) groups is 1. The Labute approximate surface area is 32.0 Å². The van der Waals surface area contributed by atoms with Crippen LogP contribution in [0.5, 0.6) is 0 Å². The minimum Gasteiger partial charge on any atom is -0.303 e. The van der Waals surface area contributed by atoms with Gasteiger partial charge >= 0.3 is 0 Å². The first-order valence-corrected chi connectivity index (χ1v) is 1.55. The first-order chi connectivity index (χ1) is 2.27. The van der Waals surface area contributed by atoms with Crippen LogP contribution in [0.15, 0.2) is 0 Å². The first-order valence-electron chi connectivity index (χ1n) is 1.55. The van der Waals surface area contributed by atoms with Gasteiger partial charge in [-0.3, -0.25) is 0 Å². The third-order valence-electron chi connectivity index (χ3n) is 0.232. The molecule has 0 rings (SSSR count). The summed E-state index contributed by atoms with van der Waals surface area (Å²) in [7, 11) is 0. The molecular weight excluding hydrogens is 64.0 g/mol. The number of rotatable bonds is 1. The van der Waals surface area contributed by atoms with Gasteiger partial charge in [0.15, 0.2) is 0 Å². The molecule has 29 valence electrons. The molecule has 1 radical (unpaired) electrons. The van der Waals surface area contributed by atoms with Crippen LogP contribution in [-0.2, 0) is 4.79 Å². The molecule has 0 bridgehead atoms. The van der Waals surface area contributed by atoms with E-state index < -0.39 is 0 Å². The summed E-state index contributed by atoms with van der Waals surface area (Å²) in [6.45, 7) is 5.13. The van der Waals surface area contributed by atoms with Crippen molar-refractivity contribution < 1.29 is 4.79 Å². The lowest BCUT2D eigenvalue weighted by molar-refractivity contribution is -0.109. The van der Waals surface area contributed by atoms with Crippen molar-refractivity contribution in [2.45, 2.75) is 6.92 Å². The summed E-state index contributed by atoms with van der Waals surface area (Å²) in [5.41, 5.74) is 0. The Hall–Kier alpha value is -0.330. The Morgan fingerprint density at radius 2 is 2.20 bits per heavy atom. The third kappa shape index (κ3) is 3.67. The molecule has 0 aliphatic carbocycles. The van der Waals surface area contributed by atoms with E-state index in [1.54, 1.807) is 6.92 Å². The highest BCUT2D eigenvalue weighted by atomic mass is 16.1. The molecule has 0 saturated carbocycles. The summed E-state index contributed by atoms with van der Waals surface area (Å²) >= 11 is 0. The van der Waals surface area contributed by atoms with Gasteiger partial charge in [0.25, 0.3) is 0 Å². The number of aldehydes is 1. The van der Waals surface area contributed by atoms with Crippen molar-refractivity contribution in [2.75, 3.05) is 0 Å². The second-order valence-corrected chi connectivity index (χ2v) is 1.11. The van der Waals surface area contributed by atoms with Crippen molar-refractivity contribution in [1.82, 2.24) is 0 Å². The Morgan fingerprint density at radius 1 is 2.00 bits per heavy atom. The molecule has 0 saturated heterocycles. The van der Waals surface area contributed by atoms with Crippen molar-refractivity contribution in [3.8, 4) is 0 Å². The highest BCUT2D eigenvalue weighted by Gasteiger charge is 1.80. The van der Waals surface area contributed by atoms with E-state index >= 15 is 0 Å². The number of hydrogen-bond acceptors (Lipinski definition) is 1. The highest BCUT2D eigenvalue weighted by Crippen LogP contribution is 1.77. The van der Waals surface area contributed by atoms with Crippen LogP contribution in [0.2, 0.25) is 0 Å². The zero-order valence-corrected chi connectivity index (χ0v) is 3.27. The van der Waals surface area contributed by atoms with Gasteiger partial charge in [0, 0.05) is 5.92 Å². The van der Waals surface area contributed by atoms with E-state index in [0.717, 1.165) is 6.29 Å². The largest absolute Gasteiger partial charge is 0.303 e. The summed E-state index contributed by atoms with van der Waals surface area (Å²) < 4.78 is 0. The van der Waals surface area contributed by atoms with Gasteiger partial charge in [0.05, 0.1) is 0 Å². The molecule has 1 atom stereocenters. The summed E-state index contributed by atoms with van der Waals surface area (Å²) in [5.74, 6) is -0.0463. The van der Waals surface area contributed by atoms with Crippen LogP contribution in [0.1, 0.15) is 6.92 Å². The maximum atomic E-state index is 9.44. The summed E-state index contributed by atoms with van der Waals surface area (Å²) in [5, 5.41) is 0. The minimum atomic E-state index is -0.0463. The fraction of sp³-hybridized carbons (Fsp3) is 0.500. The summed E-state index contributed by atoms with van der Waals surface area (Å²) in [6.07, 6.45) is 0.806. The lowest BCUT2D eigenvalue weighted by Gasteiger charge is -1.78. The SMILES string of the molecule is [CH2]C(C)C=O. The van der Waals surface area contributed by atoms with Crippen molar-refractivity contribution in [3.63, 3.8) is 0 Å². The van der Waals surface area contributed by atoms with Crippen molar-refractivity contribution in [1.29, 1.82) is 0 Å². The van der Waals surface area contributed by atoms with Gasteiger partial charge in [-0.1, -0.05) is 6.92 Å². The Kier molecular flexibility index (Phi) is 1.81. The third-order valence-corrected chi connectivity index (χ3v) is 0.232.